The van der Waals surface area contributed by atoms with E-state index in [1.54, 1.807) is 31.0 Å². The van der Waals surface area contributed by atoms with Crippen LogP contribution >= 0.6 is 11.8 Å². The molecule has 0 atom stereocenters. The normalized spacial score (nSPS) is 10.6. The van der Waals surface area contributed by atoms with Gasteiger partial charge in [0.25, 0.3) is 0 Å². The number of aromatic hydroxyl groups is 1. The Kier molecular flexibility index (Phi) is 4.29. The lowest BCUT2D eigenvalue weighted by Crippen LogP contribution is -1.82. The molecule has 1 N–H and O–H groups in total. The van der Waals surface area contributed by atoms with E-state index in [2.05, 4.69) is 10.2 Å². The van der Waals surface area contributed by atoms with Crippen molar-refractivity contribution in [2.45, 2.75) is 10.6 Å². The first-order valence-electron chi connectivity index (χ1n) is 6.63. The van der Waals surface area contributed by atoms with Crippen LogP contribution in [0.1, 0.15) is 5.89 Å². The maximum Gasteiger partial charge on any atom is 0.247 e. The molecular formula is C16H14N2O3S. The number of hydrogen-bond donors (Lipinski definition) is 1. The molecule has 0 aliphatic carbocycles. The molecule has 0 amide bonds. The number of thioether (sulfide) groups is 1. The minimum Gasteiger partial charge on any atom is -0.508 e. The minimum atomic E-state index is 0.254. The van der Waals surface area contributed by atoms with Crippen LogP contribution in [0.15, 0.2) is 57.8 Å². The zero-order valence-electron chi connectivity index (χ0n) is 11.9. The van der Waals surface area contributed by atoms with Crippen molar-refractivity contribution in [3.63, 3.8) is 0 Å². The van der Waals surface area contributed by atoms with E-state index >= 15 is 0 Å². The van der Waals surface area contributed by atoms with Crippen molar-refractivity contribution >= 4 is 11.8 Å². The lowest BCUT2D eigenvalue weighted by Gasteiger charge is -1.99. The van der Waals surface area contributed by atoms with Gasteiger partial charge in [-0.2, -0.15) is 0 Å². The molecule has 3 rings (SSSR count). The Labute approximate surface area is 132 Å². The largest absolute Gasteiger partial charge is 0.508 e. The average molecular weight is 314 g/mol. The van der Waals surface area contributed by atoms with Crippen molar-refractivity contribution in [2.24, 2.45) is 0 Å². The minimum absolute atomic E-state index is 0.254. The number of nitrogens with zero attached hydrogens (tertiary/aromatic N) is 2. The Morgan fingerprint density at radius 1 is 1.05 bits per heavy atom. The molecule has 0 fully saturated rings. The van der Waals surface area contributed by atoms with Crippen molar-refractivity contribution in [2.75, 3.05) is 7.11 Å². The molecule has 0 radical (unpaired) electrons. The predicted octanol–water partition coefficient (Wildman–Crippen LogP) is 3.74. The third kappa shape index (κ3) is 3.40. The van der Waals surface area contributed by atoms with Gasteiger partial charge in [-0.05, 0) is 48.5 Å². The molecule has 1 aromatic heterocycles. The summed E-state index contributed by atoms with van der Waals surface area (Å²) in [4.78, 5) is 1.03. The molecule has 1 heterocycles. The van der Waals surface area contributed by atoms with Gasteiger partial charge in [0.05, 0.1) is 12.9 Å². The van der Waals surface area contributed by atoms with Gasteiger partial charge in [0.15, 0.2) is 0 Å². The summed E-state index contributed by atoms with van der Waals surface area (Å²) in [6.45, 7) is 0. The van der Waals surface area contributed by atoms with Gasteiger partial charge in [0.2, 0.25) is 11.8 Å². The van der Waals surface area contributed by atoms with Crippen molar-refractivity contribution in [3.05, 3.63) is 54.4 Å². The lowest BCUT2D eigenvalue weighted by atomic mass is 10.2. The molecule has 5 nitrogen and oxygen atoms in total. The zero-order chi connectivity index (χ0) is 15.4. The van der Waals surface area contributed by atoms with E-state index in [9.17, 15) is 5.11 Å². The van der Waals surface area contributed by atoms with E-state index in [0.29, 0.717) is 17.5 Å². The van der Waals surface area contributed by atoms with Crippen LogP contribution in [-0.4, -0.2) is 22.4 Å². The van der Waals surface area contributed by atoms with Gasteiger partial charge in [0, 0.05) is 10.5 Å². The van der Waals surface area contributed by atoms with E-state index in [1.165, 1.54) is 0 Å². The van der Waals surface area contributed by atoms with E-state index in [1.807, 2.05) is 36.4 Å². The van der Waals surface area contributed by atoms with Gasteiger partial charge in [0.1, 0.15) is 11.5 Å². The molecule has 2 aromatic carbocycles. The fourth-order valence-electron chi connectivity index (χ4n) is 1.85. The molecule has 3 aromatic rings. The van der Waals surface area contributed by atoms with Crippen LogP contribution in [0.4, 0.5) is 0 Å². The number of hydrogen-bond acceptors (Lipinski definition) is 6. The summed E-state index contributed by atoms with van der Waals surface area (Å²) in [5.74, 6) is 2.66. The zero-order valence-corrected chi connectivity index (χ0v) is 12.7. The van der Waals surface area contributed by atoms with Crippen LogP contribution in [0.2, 0.25) is 0 Å². The molecule has 6 heteroatoms. The summed E-state index contributed by atoms with van der Waals surface area (Å²) in [6.07, 6.45) is 0. The Morgan fingerprint density at radius 2 is 1.77 bits per heavy atom. The number of methoxy groups -OCH3 is 1. The number of phenols is 1. The van der Waals surface area contributed by atoms with Gasteiger partial charge >= 0.3 is 0 Å². The van der Waals surface area contributed by atoms with Crippen molar-refractivity contribution in [1.82, 2.24) is 10.2 Å². The van der Waals surface area contributed by atoms with Gasteiger partial charge in [-0.3, -0.25) is 0 Å². The Morgan fingerprint density at radius 3 is 2.45 bits per heavy atom. The van der Waals surface area contributed by atoms with E-state index in [-0.39, 0.29) is 5.75 Å². The Bertz CT molecular complexity index is 739. The quantitative estimate of drug-likeness (QED) is 0.723. The van der Waals surface area contributed by atoms with Crippen molar-refractivity contribution in [3.8, 4) is 23.0 Å². The maximum atomic E-state index is 9.25. The first-order valence-corrected chi connectivity index (χ1v) is 7.62. The number of aromatic nitrogens is 2. The molecule has 0 aliphatic heterocycles. The molecular weight excluding hydrogens is 300 g/mol. The summed E-state index contributed by atoms with van der Waals surface area (Å²) in [6, 6.07) is 14.5. The third-order valence-corrected chi connectivity index (χ3v) is 4.00. The molecule has 22 heavy (non-hydrogen) atoms. The summed E-state index contributed by atoms with van der Waals surface area (Å²) >= 11 is 1.57. The van der Waals surface area contributed by atoms with Crippen LogP contribution < -0.4 is 4.74 Å². The fraction of sp³-hybridized carbons (Fsp3) is 0.125. The molecule has 0 unspecified atom stereocenters. The maximum absolute atomic E-state index is 9.25. The molecule has 0 saturated carbocycles. The highest BCUT2D eigenvalue weighted by Gasteiger charge is 2.09. The average Bonchev–Trinajstić information content (AvgIpc) is 3.03. The van der Waals surface area contributed by atoms with Gasteiger partial charge in [-0.1, -0.05) is 0 Å². The number of phenolic OH excluding ortho intramolecular Hbond substituents is 1. The molecule has 0 spiro atoms. The fourth-order valence-corrected chi connectivity index (χ4v) is 2.58. The second-order valence-corrected chi connectivity index (χ2v) is 5.56. The Balaban J connectivity index is 1.66. The first kappa shape index (κ1) is 14.5. The van der Waals surface area contributed by atoms with E-state index < -0.39 is 0 Å². The van der Waals surface area contributed by atoms with Gasteiger partial charge in [-0.15, -0.1) is 22.0 Å². The van der Waals surface area contributed by atoms with E-state index in [4.69, 9.17) is 9.15 Å². The monoisotopic (exact) mass is 314 g/mol. The van der Waals surface area contributed by atoms with Crippen LogP contribution in [0, 0.1) is 0 Å². The van der Waals surface area contributed by atoms with Gasteiger partial charge < -0.3 is 14.3 Å². The van der Waals surface area contributed by atoms with Crippen molar-refractivity contribution < 1.29 is 14.3 Å². The van der Waals surface area contributed by atoms with Crippen LogP contribution in [0.25, 0.3) is 11.5 Å². The highest BCUT2D eigenvalue weighted by atomic mass is 32.2. The van der Waals surface area contributed by atoms with Crippen molar-refractivity contribution in [1.29, 1.82) is 0 Å². The smallest absolute Gasteiger partial charge is 0.247 e. The summed E-state index contributed by atoms with van der Waals surface area (Å²) < 4.78 is 10.8. The van der Waals surface area contributed by atoms with Gasteiger partial charge in [-0.25, -0.2) is 0 Å². The van der Waals surface area contributed by atoms with Crippen LogP contribution in [-0.2, 0) is 5.75 Å². The lowest BCUT2D eigenvalue weighted by molar-refractivity contribution is 0.415. The highest BCUT2D eigenvalue weighted by molar-refractivity contribution is 7.98. The third-order valence-electron chi connectivity index (χ3n) is 3.00. The number of rotatable bonds is 5. The molecule has 0 aliphatic rings. The standard InChI is InChI=1S/C16H14N2O3S/c1-20-13-6-2-11(3-7-13)16-18-17-15(21-16)10-22-14-8-4-12(19)5-9-14/h2-9,19H,10H2,1H3. The second kappa shape index (κ2) is 6.53. The summed E-state index contributed by atoms with van der Waals surface area (Å²) in [7, 11) is 1.63. The molecule has 0 bridgehead atoms. The Hall–Kier alpha value is -2.47. The number of benzene rings is 2. The molecule has 0 saturated heterocycles. The number of ether oxygens (including phenoxy) is 1. The summed E-state index contributed by atoms with van der Waals surface area (Å²) in [5.41, 5.74) is 0.856. The first-order chi connectivity index (χ1) is 10.7. The molecule has 112 valence electrons. The van der Waals surface area contributed by atoms with E-state index in [0.717, 1.165) is 16.2 Å². The van der Waals surface area contributed by atoms with Crippen LogP contribution in [0.3, 0.4) is 0 Å². The van der Waals surface area contributed by atoms with Crippen LogP contribution in [0.5, 0.6) is 11.5 Å². The topological polar surface area (TPSA) is 68.4 Å². The predicted molar refractivity (Wildman–Crippen MR) is 84.0 cm³/mol. The second-order valence-electron chi connectivity index (χ2n) is 4.51. The SMILES string of the molecule is COc1ccc(-c2nnc(CSc3ccc(O)cc3)o2)cc1. The summed E-state index contributed by atoms with van der Waals surface area (Å²) in [5, 5.41) is 17.4. The highest BCUT2D eigenvalue weighted by Crippen LogP contribution is 2.26.